The van der Waals surface area contributed by atoms with E-state index in [4.69, 9.17) is 0 Å². The quantitative estimate of drug-likeness (QED) is 0.811. The van der Waals surface area contributed by atoms with E-state index in [-0.39, 0.29) is 11.5 Å². The summed E-state index contributed by atoms with van der Waals surface area (Å²) in [4.78, 5) is 13.2. The number of aryl methyl sites for hydroxylation is 2. The average Bonchev–Trinajstić information content (AvgIpc) is 2.84. The lowest BCUT2D eigenvalue weighted by Gasteiger charge is -2.09. The molecule has 0 heterocycles. The predicted molar refractivity (Wildman–Crippen MR) is 68.9 cm³/mol. The Kier molecular flexibility index (Phi) is 4.06. The molecule has 0 spiro atoms. The number of fused-ring (bicyclic) bond motifs is 1. The van der Waals surface area contributed by atoms with E-state index in [1.54, 1.807) is 19.1 Å². The molecule has 6 nitrogen and oxygen atoms in total. The highest BCUT2D eigenvalue weighted by atomic mass is 32.2. The van der Waals surface area contributed by atoms with Crippen LogP contribution in [-0.2, 0) is 27.6 Å². The first-order valence-corrected chi connectivity index (χ1v) is 7.57. The van der Waals surface area contributed by atoms with Gasteiger partial charge >= 0.3 is 6.09 Å². The molecule has 1 aromatic rings. The van der Waals surface area contributed by atoms with Gasteiger partial charge in [0.2, 0.25) is 0 Å². The second-order valence-corrected chi connectivity index (χ2v) is 5.92. The number of sulfonamides is 1. The van der Waals surface area contributed by atoms with Gasteiger partial charge in [-0.1, -0.05) is 6.07 Å². The third-order valence-corrected chi connectivity index (χ3v) is 4.19. The van der Waals surface area contributed by atoms with Crippen LogP contribution in [0.1, 0.15) is 24.5 Å². The normalized spacial score (nSPS) is 13.9. The lowest BCUT2D eigenvalue weighted by molar-refractivity contribution is 0.150. The van der Waals surface area contributed by atoms with Crippen LogP contribution in [0.15, 0.2) is 23.1 Å². The Bertz CT molecular complexity index is 583. The van der Waals surface area contributed by atoms with Crippen LogP contribution in [0.5, 0.6) is 0 Å². The molecule has 0 bridgehead atoms. The molecule has 1 amide bonds. The lowest BCUT2D eigenvalue weighted by atomic mass is 10.1. The molecule has 2 N–H and O–H groups in total. The molecule has 0 aliphatic heterocycles. The predicted octanol–water partition coefficient (Wildman–Crippen LogP) is 1.11. The molecular weight excluding hydrogens is 268 g/mol. The van der Waals surface area contributed by atoms with E-state index in [0.29, 0.717) is 0 Å². The van der Waals surface area contributed by atoms with Gasteiger partial charge in [-0.2, -0.15) is 0 Å². The fourth-order valence-corrected chi connectivity index (χ4v) is 2.93. The third kappa shape index (κ3) is 3.24. The first-order chi connectivity index (χ1) is 9.03. The minimum absolute atomic E-state index is 0.143. The van der Waals surface area contributed by atoms with Crippen molar-refractivity contribution in [1.82, 2.24) is 10.3 Å². The van der Waals surface area contributed by atoms with Crippen molar-refractivity contribution in [2.45, 2.75) is 31.1 Å². The summed E-state index contributed by atoms with van der Waals surface area (Å²) < 4.78 is 28.5. The molecule has 0 radical (unpaired) electrons. The molecule has 104 valence electrons. The Morgan fingerprint density at radius 1 is 1.32 bits per heavy atom. The first kappa shape index (κ1) is 13.8. The molecule has 1 aromatic carbocycles. The van der Waals surface area contributed by atoms with E-state index in [1.807, 2.05) is 16.3 Å². The van der Waals surface area contributed by atoms with Gasteiger partial charge in [0.15, 0.2) is 0 Å². The number of amides is 1. The molecule has 0 aromatic heterocycles. The van der Waals surface area contributed by atoms with Crippen LogP contribution in [0.25, 0.3) is 0 Å². The maximum absolute atomic E-state index is 12.0. The van der Waals surface area contributed by atoms with Crippen LogP contribution >= 0.6 is 0 Å². The number of carbonyl (C=O) groups excluding carboxylic acids is 1. The smallest absolute Gasteiger partial charge is 0.422 e. The van der Waals surface area contributed by atoms with E-state index in [2.05, 4.69) is 4.74 Å². The van der Waals surface area contributed by atoms with Crippen molar-refractivity contribution in [3.63, 3.8) is 0 Å². The summed E-state index contributed by atoms with van der Waals surface area (Å²) in [6.45, 7) is 1.81. The van der Waals surface area contributed by atoms with Crippen molar-refractivity contribution in [2.75, 3.05) is 6.61 Å². The molecule has 0 unspecified atom stereocenters. The number of hydrazine groups is 1. The monoisotopic (exact) mass is 284 g/mol. The number of hydrogen-bond acceptors (Lipinski definition) is 4. The zero-order chi connectivity index (χ0) is 13.9. The van der Waals surface area contributed by atoms with E-state index in [9.17, 15) is 13.2 Å². The average molecular weight is 284 g/mol. The van der Waals surface area contributed by atoms with Gasteiger partial charge < -0.3 is 4.74 Å². The Labute approximate surface area is 112 Å². The molecule has 19 heavy (non-hydrogen) atoms. The largest absolute Gasteiger partial charge is 0.449 e. The van der Waals surface area contributed by atoms with Gasteiger partial charge in [0.25, 0.3) is 10.0 Å². The standard InChI is InChI=1S/C12H16N2O4S/c1-2-18-12(15)13-14-19(16,17)11-7-6-9-4-3-5-10(9)8-11/h6-8,14H,2-5H2,1H3,(H,13,15). The Morgan fingerprint density at radius 3 is 2.79 bits per heavy atom. The second-order valence-electron chi connectivity index (χ2n) is 4.24. The van der Waals surface area contributed by atoms with Gasteiger partial charge in [-0.15, -0.1) is 4.83 Å². The highest BCUT2D eigenvalue weighted by Crippen LogP contribution is 2.24. The number of nitrogens with one attached hydrogen (secondary N) is 2. The Morgan fingerprint density at radius 2 is 2.05 bits per heavy atom. The van der Waals surface area contributed by atoms with Gasteiger partial charge in [0, 0.05) is 0 Å². The summed E-state index contributed by atoms with van der Waals surface area (Å²) >= 11 is 0. The van der Waals surface area contributed by atoms with Gasteiger partial charge in [0.05, 0.1) is 11.5 Å². The number of rotatable bonds is 4. The molecule has 1 aliphatic carbocycles. The maximum atomic E-state index is 12.0. The highest BCUT2D eigenvalue weighted by Gasteiger charge is 2.19. The summed E-state index contributed by atoms with van der Waals surface area (Å²) in [5, 5.41) is 0. The van der Waals surface area contributed by atoms with Crippen molar-refractivity contribution in [3.8, 4) is 0 Å². The van der Waals surface area contributed by atoms with Crippen LogP contribution in [0, 0.1) is 0 Å². The summed E-state index contributed by atoms with van der Waals surface area (Å²) in [5.74, 6) is 0. The molecule has 0 saturated heterocycles. The van der Waals surface area contributed by atoms with Gasteiger partial charge in [-0.3, -0.25) is 0 Å². The van der Waals surface area contributed by atoms with E-state index >= 15 is 0 Å². The minimum atomic E-state index is -3.76. The summed E-state index contributed by atoms with van der Waals surface area (Å²) in [6, 6.07) is 5.01. The SMILES string of the molecule is CCOC(=O)NNS(=O)(=O)c1ccc2c(c1)CCC2. The van der Waals surface area contributed by atoms with E-state index in [0.717, 1.165) is 24.8 Å². The fourth-order valence-electron chi connectivity index (χ4n) is 2.05. The Hall–Kier alpha value is -1.60. The zero-order valence-electron chi connectivity index (χ0n) is 10.6. The van der Waals surface area contributed by atoms with Crippen LogP contribution in [-0.4, -0.2) is 21.1 Å². The van der Waals surface area contributed by atoms with Crippen LogP contribution in [0.3, 0.4) is 0 Å². The van der Waals surface area contributed by atoms with Crippen molar-refractivity contribution in [3.05, 3.63) is 29.3 Å². The first-order valence-electron chi connectivity index (χ1n) is 6.09. The number of benzene rings is 1. The van der Waals surface area contributed by atoms with E-state index < -0.39 is 16.1 Å². The van der Waals surface area contributed by atoms with Gasteiger partial charge in [-0.05, 0) is 49.4 Å². The second kappa shape index (κ2) is 5.58. The molecule has 0 saturated carbocycles. The van der Waals surface area contributed by atoms with Crippen LogP contribution in [0.2, 0.25) is 0 Å². The van der Waals surface area contributed by atoms with Gasteiger partial charge in [0.1, 0.15) is 0 Å². The topological polar surface area (TPSA) is 84.5 Å². The van der Waals surface area contributed by atoms with Crippen molar-refractivity contribution in [1.29, 1.82) is 0 Å². The van der Waals surface area contributed by atoms with Crippen molar-refractivity contribution in [2.24, 2.45) is 0 Å². The maximum Gasteiger partial charge on any atom is 0.422 e. The fraction of sp³-hybridized carbons (Fsp3) is 0.417. The number of hydrogen-bond donors (Lipinski definition) is 2. The highest BCUT2D eigenvalue weighted by molar-refractivity contribution is 7.89. The van der Waals surface area contributed by atoms with Crippen LogP contribution in [0.4, 0.5) is 4.79 Å². The van der Waals surface area contributed by atoms with Crippen molar-refractivity contribution >= 4 is 16.1 Å². The van der Waals surface area contributed by atoms with Gasteiger partial charge in [-0.25, -0.2) is 18.6 Å². The molecule has 1 aliphatic rings. The molecule has 0 fully saturated rings. The molecule has 2 rings (SSSR count). The van der Waals surface area contributed by atoms with Crippen molar-refractivity contribution < 1.29 is 17.9 Å². The summed E-state index contributed by atoms with van der Waals surface area (Å²) in [5.41, 5.74) is 4.24. The minimum Gasteiger partial charge on any atom is -0.449 e. The third-order valence-electron chi connectivity index (χ3n) is 2.94. The molecule has 7 heteroatoms. The Balaban J connectivity index is 2.09. The molecule has 0 atom stereocenters. The van der Waals surface area contributed by atoms with E-state index in [1.165, 1.54) is 5.56 Å². The summed E-state index contributed by atoms with van der Waals surface area (Å²) in [6.07, 6.45) is 2.11. The molecular formula is C12H16N2O4S. The lowest BCUT2D eigenvalue weighted by Crippen LogP contribution is -2.41. The zero-order valence-corrected chi connectivity index (χ0v) is 11.4. The van der Waals surface area contributed by atoms with Crippen LogP contribution < -0.4 is 10.3 Å². The number of ether oxygens (including phenoxy) is 1. The number of carbonyl (C=O) groups is 1. The summed E-state index contributed by atoms with van der Waals surface area (Å²) in [7, 11) is -3.76.